The van der Waals surface area contributed by atoms with Crippen LogP contribution in [0.2, 0.25) is 0 Å². The minimum absolute atomic E-state index is 0.157. The van der Waals surface area contributed by atoms with Gasteiger partial charge < -0.3 is 4.74 Å². The van der Waals surface area contributed by atoms with E-state index >= 15 is 0 Å². The van der Waals surface area contributed by atoms with Crippen LogP contribution in [-0.4, -0.2) is 11.8 Å². The molecule has 5 heteroatoms. The Morgan fingerprint density at radius 3 is 1.88 bits per heavy atom. The summed E-state index contributed by atoms with van der Waals surface area (Å²) < 4.78 is 32.8. The lowest BCUT2D eigenvalue weighted by Gasteiger charge is -2.11. The molecule has 0 N–H and O–H groups in total. The third kappa shape index (κ3) is 3.45. The van der Waals surface area contributed by atoms with Crippen LogP contribution in [0, 0.1) is 11.6 Å². The fraction of sp³-hybridized carbons (Fsp3) is 0. The second kappa shape index (κ2) is 7.05. The number of benzene rings is 3. The Balaban J connectivity index is 2.02. The third-order valence-electron chi connectivity index (χ3n) is 3.53. The Kier molecular flexibility index (Phi) is 4.66. The quantitative estimate of drug-likeness (QED) is 0.402. The molecule has 0 aliphatic rings. The molecule has 0 aromatic heterocycles. The first kappa shape index (κ1) is 16.5. The molecule has 0 atom stereocenters. The van der Waals surface area contributed by atoms with Gasteiger partial charge in [-0.1, -0.05) is 48.5 Å². The van der Waals surface area contributed by atoms with E-state index in [1.54, 1.807) is 36.4 Å². The van der Waals surface area contributed by atoms with Crippen LogP contribution in [0.5, 0.6) is 5.75 Å². The van der Waals surface area contributed by atoms with Crippen molar-refractivity contribution in [2.45, 2.75) is 0 Å². The highest BCUT2D eigenvalue weighted by Gasteiger charge is 2.24. The van der Waals surface area contributed by atoms with E-state index in [2.05, 4.69) is 0 Å². The van der Waals surface area contributed by atoms with Crippen LogP contribution in [0.3, 0.4) is 0 Å². The smallest absolute Gasteiger partial charge is 0.343 e. The van der Waals surface area contributed by atoms with Crippen molar-refractivity contribution in [2.75, 3.05) is 0 Å². The lowest BCUT2D eigenvalue weighted by molar-refractivity contribution is 0.0724. The van der Waals surface area contributed by atoms with Gasteiger partial charge in [-0.25, -0.2) is 9.18 Å². The fourth-order valence-corrected chi connectivity index (χ4v) is 2.28. The standard InChI is InChI=1S/C20H12F2O3/c21-16-12-11-15(18(23)13-7-3-1-4-8-13)19(17(16)22)25-20(24)14-9-5-2-6-10-14/h1-12H. The van der Waals surface area contributed by atoms with E-state index in [9.17, 15) is 18.4 Å². The number of ketones is 1. The molecule has 0 spiro atoms. The number of carbonyl (C=O) groups excluding carboxylic acids is 2. The highest BCUT2D eigenvalue weighted by molar-refractivity contribution is 6.11. The van der Waals surface area contributed by atoms with E-state index in [1.165, 1.54) is 24.3 Å². The van der Waals surface area contributed by atoms with Gasteiger partial charge in [0, 0.05) is 5.56 Å². The Morgan fingerprint density at radius 2 is 1.28 bits per heavy atom. The Labute approximate surface area is 142 Å². The number of ether oxygens (including phenoxy) is 1. The normalized spacial score (nSPS) is 10.3. The van der Waals surface area contributed by atoms with Gasteiger partial charge >= 0.3 is 5.97 Å². The number of halogens is 2. The summed E-state index contributed by atoms with van der Waals surface area (Å²) in [5.41, 5.74) is 0.198. The van der Waals surface area contributed by atoms with Gasteiger partial charge in [0.1, 0.15) is 0 Å². The molecule has 3 aromatic carbocycles. The van der Waals surface area contributed by atoms with Crippen LogP contribution in [-0.2, 0) is 0 Å². The SMILES string of the molecule is O=C(Oc1c(C(=O)c2ccccc2)ccc(F)c1F)c1ccccc1. The van der Waals surface area contributed by atoms with Crippen molar-refractivity contribution in [3.63, 3.8) is 0 Å². The minimum atomic E-state index is -1.38. The van der Waals surface area contributed by atoms with E-state index < -0.39 is 29.1 Å². The van der Waals surface area contributed by atoms with E-state index in [-0.39, 0.29) is 16.7 Å². The molecule has 0 heterocycles. The van der Waals surface area contributed by atoms with E-state index in [4.69, 9.17) is 4.74 Å². The van der Waals surface area contributed by atoms with Crippen molar-refractivity contribution in [3.8, 4) is 5.75 Å². The first-order chi connectivity index (χ1) is 12.1. The van der Waals surface area contributed by atoms with Gasteiger partial charge in [-0.3, -0.25) is 4.79 Å². The van der Waals surface area contributed by atoms with E-state index in [1.807, 2.05) is 0 Å². The van der Waals surface area contributed by atoms with Crippen LogP contribution in [0.15, 0.2) is 72.8 Å². The molecule has 3 rings (SSSR count). The lowest BCUT2D eigenvalue weighted by atomic mass is 10.0. The second-order valence-corrected chi connectivity index (χ2v) is 5.19. The third-order valence-corrected chi connectivity index (χ3v) is 3.53. The molecule has 0 fully saturated rings. The van der Waals surface area contributed by atoms with Gasteiger partial charge in [-0.2, -0.15) is 4.39 Å². The molecule has 0 saturated heterocycles. The molecule has 25 heavy (non-hydrogen) atoms. The van der Waals surface area contributed by atoms with Crippen molar-refractivity contribution in [1.82, 2.24) is 0 Å². The maximum Gasteiger partial charge on any atom is 0.343 e. The molecule has 3 nitrogen and oxygen atoms in total. The summed E-state index contributed by atoms with van der Waals surface area (Å²) in [5.74, 6) is -4.77. The molecule has 0 aliphatic carbocycles. The largest absolute Gasteiger partial charge is 0.419 e. The van der Waals surface area contributed by atoms with Crippen molar-refractivity contribution in [2.24, 2.45) is 0 Å². The summed E-state index contributed by atoms with van der Waals surface area (Å²) in [6.07, 6.45) is 0. The Morgan fingerprint density at radius 1 is 0.720 bits per heavy atom. The maximum absolute atomic E-state index is 14.2. The molecule has 0 aliphatic heterocycles. The van der Waals surface area contributed by atoms with Gasteiger partial charge in [0.05, 0.1) is 11.1 Å². The predicted molar refractivity (Wildman–Crippen MR) is 87.6 cm³/mol. The Hall–Kier alpha value is -3.34. The van der Waals surface area contributed by atoms with Gasteiger partial charge in [-0.15, -0.1) is 0 Å². The van der Waals surface area contributed by atoms with Crippen molar-refractivity contribution in [1.29, 1.82) is 0 Å². The van der Waals surface area contributed by atoms with Gasteiger partial charge in [0.15, 0.2) is 17.3 Å². The summed E-state index contributed by atoms with van der Waals surface area (Å²) >= 11 is 0. The molecular formula is C20H12F2O3. The maximum atomic E-state index is 14.2. The average Bonchev–Trinajstić information content (AvgIpc) is 2.66. The summed E-state index contributed by atoms with van der Waals surface area (Å²) in [6, 6.07) is 17.8. The molecule has 0 radical (unpaired) electrons. The van der Waals surface area contributed by atoms with Gasteiger partial charge in [0.25, 0.3) is 0 Å². The van der Waals surface area contributed by atoms with Crippen LogP contribution < -0.4 is 4.74 Å². The number of rotatable bonds is 4. The first-order valence-electron chi connectivity index (χ1n) is 7.43. The number of esters is 1. The molecule has 0 bridgehead atoms. The average molecular weight is 338 g/mol. The lowest BCUT2D eigenvalue weighted by Crippen LogP contribution is -2.14. The molecule has 124 valence electrons. The number of carbonyl (C=O) groups is 2. The minimum Gasteiger partial charge on any atom is -0.419 e. The predicted octanol–water partition coefficient (Wildman–Crippen LogP) is 4.42. The summed E-state index contributed by atoms with van der Waals surface area (Å²) in [6.45, 7) is 0. The molecule has 0 amide bonds. The van der Waals surface area contributed by atoms with Crippen molar-refractivity contribution >= 4 is 11.8 Å². The topological polar surface area (TPSA) is 43.4 Å². The molecular weight excluding hydrogens is 326 g/mol. The summed E-state index contributed by atoms with van der Waals surface area (Å²) in [5, 5.41) is 0. The number of hydrogen-bond donors (Lipinski definition) is 0. The summed E-state index contributed by atoms with van der Waals surface area (Å²) in [4.78, 5) is 24.7. The number of hydrogen-bond acceptors (Lipinski definition) is 3. The van der Waals surface area contributed by atoms with Gasteiger partial charge in [0.2, 0.25) is 5.82 Å². The van der Waals surface area contributed by atoms with Crippen LogP contribution in [0.25, 0.3) is 0 Å². The van der Waals surface area contributed by atoms with E-state index in [0.29, 0.717) is 0 Å². The zero-order chi connectivity index (χ0) is 17.8. The van der Waals surface area contributed by atoms with Crippen LogP contribution in [0.1, 0.15) is 26.3 Å². The zero-order valence-electron chi connectivity index (χ0n) is 12.9. The highest BCUT2D eigenvalue weighted by atomic mass is 19.2. The monoisotopic (exact) mass is 338 g/mol. The molecule has 3 aromatic rings. The summed E-state index contributed by atoms with van der Waals surface area (Å²) in [7, 11) is 0. The second-order valence-electron chi connectivity index (χ2n) is 5.19. The highest BCUT2D eigenvalue weighted by Crippen LogP contribution is 2.28. The zero-order valence-corrected chi connectivity index (χ0v) is 12.9. The first-order valence-corrected chi connectivity index (χ1v) is 7.43. The van der Waals surface area contributed by atoms with Crippen LogP contribution >= 0.6 is 0 Å². The van der Waals surface area contributed by atoms with E-state index in [0.717, 1.165) is 12.1 Å². The van der Waals surface area contributed by atoms with Gasteiger partial charge in [-0.05, 0) is 24.3 Å². The van der Waals surface area contributed by atoms with Crippen LogP contribution in [0.4, 0.5) is 8.78 Å². The fourth-order valence-electron chi connectivity index (χ4n) is 2.28. The Bertz CT molecular complexity index is 922. The van der Waals surface area contributed by atoms with Crippen molar-refractivity contribution in [3.05, 3.63) is 101 Å². The van der Waals surface area contributed by atoms with Crippen molar-refractivity contribution < 1.29 is 23.1 Å². The molecule has 0 saturated carbocycles. The molecule has 0 unspecified atom stereocenters.